The lowest BCUT2D eigenvalue weighted by Gasteiger charge is -2.28. The van der Waals surface area contributed by atoms with Gasteiger partial charge >= 0.3 is 6.18 Å². The lowest BCUT2D eigenvalue weighted by molar-refractivity contribution is -0.269. The number of benzene rings is 2. The number of nitrogens with zero attached hydrogens (tertiary/aromatic N) is 3. The van der Waals surface area contributed by atoms with Gasteiger partial charge in [0.2, 0.25) is 5.60 Å². The third-order valence-electron chi connectivity index (χ3n) is 4.22. The van der Waals surface area contributed by atoms with E-state index in [9.17, 15) is 13.2 Å². The Hall–Kier alpha value is -2.55. The molecule has 10 heteroatoms. The molecule has 5 nitrogen and oxygen atoms in total. The highest BCUT2D eigenvalue weighted by Crippen LogP contribution is 2.48. The molecule has 0 saturated heterocycles. The van der Waals surface area contributed by atoms with Crippen molar-refractivity contribution in [2.24, 2.45) is 0 Å². The molecule has 0 spiro atoms. The summed E-state index contributed by atoms with van der Waals surface area (Å²) < 4.78 is 43.6. The molecule has 1 unspecified atom stereocenters. The number of rotatable bonds is 3. The van der Waals surface area contributed by atoms with Crippen molar-refractivity contribution in [1.82, 2.24) is 20.2 Å². The lowest BCUT2D eigenvalue weighted by Crippen LogP contribution is -2.42. The van der Waals surface area contributed by atoms with Gasteiger partial charge < -0.3 is 0 Å². The van der Waals surface area contributed by atoms with E-state index >= 15 is 0 Å². The molecule has 1 atom stereocenters. The van der Waals surface area contributed by atoms with Gasteiger partial charge in [-0.3, -0.25) is 10.3 Å². The topological polar surface area (TPSA) is 52.0 Å². The van der Waals surface area contributed by atoms with E-state index in [2.05, 4.69) is 15.6 Å². The number of hydrogen-bond acceptors (Lipinski definition) is 4. The van der Waals surface area contributed by atoms with Crippen LogP contribution in [-0.4, -0.2) is 20.9 Å². The standard InChI is InChI=1S/C18H11Cl2F3N4O/c19-13-5-12(6-14(20)7-13)17(18(21,22)23)8-16(26-28-17)11-2-1-3-15(4-11)27-10-24-9-25-27/h1-10,26H. The van der Waals surface area contributed by atoms with Gasteiger partial charge in [-0.1, -0.05) is 35.3 Å². The molecule has 144 valence electrons. The minimum Gasteiger partial charge on any atom is -0.265 e. The Morgan fingerprint density at radius 3 is 2.46 bits per heavy atom. The molecule has 4 rings (SSSR count). The Morgan fingerprint density at radius 1 is 1.07 bits per heavy atom. The van der Waals surface area contributed by atoms with E-state index < -0.39 is 11.8 Å². The molecular formula is C18H11Cl2F3N4O. The zero-order valence-electron chi connectivity index (χ0n) is 13.9. The molecule has 2 aromatic carbocycles. The Labute approximate surface area is 167 Å². The van der Waals surface area contributed by atoms with Gasteiger partial charge in [0.1, 0.15) is 12.7 Å². The maximum absolute atomic E-state index is 14.0. The van der Waals surface area contributed by atoms with Crippen LogP contribution in [0.4, 0.5) is 13.2 Å². The molecule has 2 heterocycles. The summed E-state index contributed by atoms with van der Waals surface area (Å²) in [6, 6.07) is 10.5. The van der Waals surface area contributed by atoms with Crippen molar-refractivity contribution >= 4 is 28.9 Å². The third kappa shape index (κ3) is 3.23. The van der Waals surface area contributed by atoms with Gasteiger partial charge in [-0.15, -0.1) is 0 Å². The maximum Gasteiger partial charge on any atom is 0.428 e. The molecule has 0 saturated carbocycles. The van der Waals surface area contributed by atoms with Crippen LogP contribution in [-0.2, 0) is 10.4 Å². The van der Waals surface area contributed by atoms with Crippen molar-refractivity contribution in [2.75, 3.05) is 0 Å². The summed E-state index contributed by atoms with van der Waals surface area (Å²) in [5.41, 5.74) is 0.685. The minimum absolute atomic E-state index is 0.0738. The van der Waals surface area contributed by atoms with Gasteiger partial charge in [-0.05, 0) is 36.4 Å². The van der Waals surface area contributed by atoms with Gasteiger partial charge in [0.15, 0.2) is 0 Å². The first-order valence-corrected chi connectivity index (χ1v) is 8.70. The largest absolute Gasteiger partial charge is 0.428 e. The van der Waals surface area contributed by atoms with E-state index in [-0.39, 0.29) is 21.3 Å². The Bertz CT molecular complexity index is 1030. The molecule has 0 aliphatic carbocycles. The zero-order valence-corrected chi connectivity index (χ0v) is 15.4. The second kappa shape index (κ2) is 6.80. The number of alkyl halides is 3. The fourth-order valence-electron chi connectivity index (χ4n) is 2.91. The van der Waals surface area contributed by atoms with E-state index in [0.717, 1.165) is 6.08 Å². The highest BCUT2D eigenvalue weighted by Gasteiger charge is 2.59. The zero-order chi connectivity index (χ0) is 19.9. The lowest BCUT2D eigenvalue weighted by atomic mass is 9.91. The van der Waals surface area contributed by atoms with Crippen LogP contribution in [0.1, 0.15) is 11.1 Å². The molecule has 0 radical (unpaired) electrons. The average Bonchev–Trinajstić information content (AvgIpc) is 3.31. The monoisotopic (exact) mass is 426 g/mol. The molecule has 0 bridgehead atoms. The Balaban J connectivity index is 1.81. The molecule has 1 N–H and O–H groups in total. The first-order chi connectivity index (χ1) is 13.3. The van der Waals surface area contributed by atoms with Crippen molar-refractivity contribution in [1.29, 1.82) is 0 Å². The van der Waals surface area contributed by atoms with Gasteiger partial charge in [0.25, 0.3) is 0 Å². The number of halogens is 5. The molecule has 0 amide bonds. The molecule has 1 aromatic heterocycles. The normalized spacial score (nSPS) is 19.4. The molecule has 1 aliphatic rings. The average molecular weight is 427 g/mol. The summed E-state index contributed by atoms with van der Waals surface area (Å²) in [6.07, 6.45) is -0.949. The maximum atomic E-state index is 14.0. The summed E-state index contributed by atoms with van der Waals surface area (Å²) >= 11 is 11.8. The fourth-order valence-corrected chi connectivity index (χ4v) is 3.44. The number of aromatic nitrogens is 3. The van der Waals surface area contributed by atoms with Gasteiger partial charge in [0.05, 0.1) is 11.4 Å². The van der Waals surface area contributed by atoms with Crippen LogP contribution < -0.4 is 5.48 Å². The van der Waals surface area contributed by atoms with Crippen molar-refractivity contribution in [3.8, 4) is 5.69 Å². The smallest absolute Gasteiger partial charge is 0.265 e. The Morgan fingerprint density at radius 2 is 1.82 bits per heavy atom. The number of nitrogens with one attached hydrogen (secondary N) is 1. The van der Waals surface area contributed by atoms with E-state index in [1.807, 2.05) is 0 Å². The summed E-state index contributed by atoms with van der Waals surface area (Å²) in [7, 11) is 0. The van der Waals surface area contributed by atoms with Crippen molar-refractivity contribution in [2.45, 2.75) is 11.8 Å². The first kappa shape index (κ1) is 18.8. The van der Waals surface area contributed by atoms with Crippen LogP contribution in [0.2, 0.25) is 10.0 Å². The van der Waals surface area contributed by atoms with Crippen LogP contribution in [0, 0.1) is 0 Å². The van der Waals surface area contributed by atoms with Crippen LogP contribution in [0.3, 0.4) is 0 Å². The molecular weight excluding hydrogens is 416 g/mol. The quantitative estimate of drug-likeness (QED) is 0.646. The summed E-state index contributed by atoms with van der Waals surface area (Å²) in [5.74, 6) is 0. The summed E-state index contributed by atoms with van der Waals surface area (Å²) in [4.78, 5) is 8.94. The van der Waals surface area contributed by atoms with Crippen molar-refractivity contribution in [3.05, 3.63) is 82.4 Å². The van der Waals surface area contributed by atoms with Gasteiger partial charge in [0, 0.05) is 21.2 Å². The minimum atomic E-state index is -4.76. The summed E-state index contributed by atoms with van der Waals surface area (Å²) in [6.45, 7) is 0. The van der Waals surface area contributed by atoms with Crippen molar-refractivity contribution < 1.29 is 18.0 Å². The van der Waals surface area contributed by atoms with Crippen LogP contribution in [0.5, 0.6) is 0 Å². The second-order valence-corrected chi connectivity index (χ2v) is 6.92. The predicted octanol–water partition coefficient (Wildman–Crippen LogP) is 4.91. The summed E-state index contributed by atoms with van der Waals surface area (Å²) in [5, 5.41) is 4.16. The fraction of sp³-hybridized carbons (Fsp3) is 0.111. The van der Waals surface area contributed by atoms with Crippen molar-refractivity contribution in [3.63, 3.8) is 0 Å². The van der Waals surface area contributed by atoms with E-state index in [4.69, 9.17) is 28.0 Å². The van der Waals surface area contributed by atoms with Crippen LogP contribution in [0.15, 0.2) is 61.2 Å². The third-order valence-corrected chi connectivity index (χ3v) is 4.66. The van der Waals surface area contributed by atoms with Crippen LogP contribution in [0.25, 0.3) is 11.4 Å². The first-order valence-electron chi connectivity index (χ1n) is 7.94. The van der Waals surface area contributed by atoms with Gasteiger partial charge in [-0.2, -0.15) is 18.3 Å². The van der Waals surface area contributed by atoms with E-state index in [0.29, 0.717) is 11.3 Å². The van der Waals surface area contributed by atoms with Gasteiger partial charge in [-0.25, -0.2) is 9.67 Å². The van der Waals surface area contributed by atoms with E-state index in [1.165, 1.54) is 35.5 Å². The molecule has 3 aromatic rings. The highest BCUT2D eigenvalue weighted by molar-refractivity contribution is 6.34. The SMILES string of the molecule is FC(F)(F)C1(c2cc(Cl)cc(Cl)c2)C=C(c2cccc(-n3cncn3)c2)NO1. The predicted molar refractivity (Wildman–Crippen MR) is 97.8 cm³/mol. The number of hydrogen-bond donors (Lipinski definition) is 1. The molecule has 28 heavy (non-hydrogen) atoms. The molecule has 1 aliphatic heterocycles. The molecule has 0 fully saturated rings. The second-order valence-electron chi connectivity index (χ2n) is 6.04. The van der Waals surface area contributed by atoms with Crippen LogP contribution >= 0.6 is 23.2 Å². The van der Waals surface area contributed by atoms with E-state index in [1.54, 1.807) is 24.3 Å². The highest BCUT2D eigenvalue weighted by atomic mass is 35.5. The Kier molecular flexibility index (Phi) is 4.57. The number of hydroxylamine groups is 1.